The number of amides is 1. The van der Waals surface area contributed by atoms with Crippen molar-refractivity contribution >= 4 is 39.3 Å². The van der Waals surface area contributed by atoms with Crippen molar-refractivity contribution in [2.75, 3.05) is 11.4 Å². The number of nitrogens with zero attached hydrogens (tertiary/aromatic N) is 1. The first-order valence-electron chi connectivity index (χ1n) is 7.82. The van der Waals surface area contributed by atoms with Crippen molar-refractivity contribution in [3.05, 3.63) is 58.6 Å². The highest BCUT2D eigenvalue weighted by atomic mass is 79.9. The average Bonchev–Trinajstić information content (AvgIpc) is 2.98. The molecule has 1 aliphatic heterocycles. The third-order valence-corrected chi connectivity index (χ3v) is 4.60. The standard InChI is InChI=1S/C19H16BrNO4/c1-12(22)13-2-8-17(9-3-13)25-19(24)14-10-18(23)21(11-14)16-6-4-15(20)5-7-16/h2-9,14H,10-11H2,1H3/t14-/m1/s1. The predicted molar refractivity (Wildman–Crippen MR) is 96.7 cm³/mol. The number of hydrogen-bond donors (Lipinski definition) is 0. The molecule has 0 aliphatic carbocycles. The molecule has 0 saturated carbocycles. The van der Waals surface area contributed by atoms with Gasteiger partial charge in [-0.2, -0.15) is 0 Å². The van der Waals surface area contributed by atoms with Gasteiger partial charge >= 0.3 is 5.97 Å². The topological polar surface area (TPSA) is 63.7 Å². The quantitative estimate of drug-likeness (QED) is 0.445. The summed E-state index contributed by atoms with van der Waals surface area (Å²) < 4.78 is 6.27. The average molecular weight is 402 g/mol. The number of halogens is 1. The first-order chi connectivity index (χ1) is 11.9. The Labute approximate surface area is 153 Å². The van der Waals surface area contributed by atoms with Crippen molar-refractivity contribution in [3.8, 4) is 5.75 Å². The van der Waals surface area contributed by atoms with Crippen LogP contribution in [-0.2, 0) is 9.59 Å². The maximum Gasteiger partial charge on any atom is 0.316 e. The Hall–Kier alpha value is -2.47. The molecule has 1 aliphatic rings. The summed E-state index contributed by atoms with van der Waals surface area (Å²) >= 11 is 3.36. The van der Waals surface area contributed by atoms with Gasteiger partial charge in [-0.15, -0.1) is 0 Å². The lowest BCUT2D eigenvalue weighted by atomic mass is 10.1. The summed E-state index contributed by atoms with van der Waals surface area (Å²) in [6, 6.07) is 13.7. The molecule has 1 amide bonds. The van der Waals surface area contributed by atoms with Crippen LogP contribution in [0.3, 0.4) is 0 Å². The second kappa shape index (κ2) is 7.19. The fourth-order valence-corrected chi connectivity index (χ4v) is 2.96. The van der Waals surface area contributed by atoms with Crippen LogP contribution in [0.4, 0.5) is 5.69 Å². The zero-order chi connectivity index (χ0) is 18.0. The van der Waals surface area contributed by atoms with E-state index in [1.165, 1.54) is 6.92 Å². The van der Waals surface area contributed by atoms with E-state index in [0.29, 0.717) is 17.9 Å². The minimum absolute atomic E-state index is 0.0515. The lowest BCUT2D eigenvalue weighted by Gasteiger charge is -2.16. The van der Waals surface area contributed by atoms with E-state index in [9.17, 15) is 14.4 Å². The molecule has 2 aromatic carbocycles. The number of ketones is 1. The minimum Gasteiger partial charge on any atom is -0.426 e. The largest absolute Gasteiger partial charge is 0.426 e. The Bertz CT molecular complexity index is 814. The second-order valence-corrected chi connectivity index (χ2v) is 6.80. The van der Waals surface area contributed by atoms with E-state index >= 15 is 0 Å². The Kier molecular flexibility index (Phi) is 4.99. The van der Waals surface area contributed by atoms with Crippen LogP contribution in [0.15, 0.2) is 53.0 Å². The van der Waals surface area contributed by atoms with Gasteiger partial charge in [-0.25, -0.2) is 0 Å². The van der Waals surface area contributed by atoms with Crippen LogP contribution in [-0.4, -0.2) is 24.2 Å². The van der Waals surface area contributed by atoms with Gasteiger partial charge in [-0.05, 0) is 55.5 Å². The molecule has 0 unspecified atom stereocenters. The summed E-state index contributed by atoms with van der Waals surface area (Å²) in [5, 5.41) is 0. The second-order valence-electron chi connectivity index (χ2n) is 5.88. The number of ether oxygens (including phenoxy) is 1. The molecule has 6 heteroatoms. The van der Waals surface area contributed by atoms with Gasteiger partial charge in [-0.1, -0.05) is 15.9 Å². The predicted octanol–water partition coefficient (Wildman–Crippen LogP) is 3.61. The molecule has 0 aromatic heterocycles. The summed E-state index contributed by atoms with van der Waals surface area (Å²) in [5.74, 6) is -0.739. The highest BCUT2D eigenvalue weighted by molar-refractivity contribution is 9.10. The van der Waals surface area contributed by atoms with Gasteiger partial charge in [0.25, 0.3) is 0 Å². The lowest BCUT2D eigenvalue weighted by Crippen LogP contribution is -2.27. The van der Waals surface area contributed by atoms with Crippen LogP contribution in [0.25, 0.3) is 0 Å². The van der Waals surface area contributed by atoms with Crippen molar-refractivity contribution in [3.63, 3.8) is 0 Å². The van der Waals surface area contributed by atoms with E-state index < -0.39 is 11.9 Å². The molecule has 128 valence electrons. The lowest BCUT2D eigenvalue weighted by molar-refractivity contribution is -0.139. The molecule has 2 aromatic rings. The van der Waals surface area contributed by atoms with Crippen molar-refractivity contribution < 1.29 is 19.1 Å². The van der Waals surface area contributed by atoms with Crippen LogP contribution in [0, 0.1) is 5.92 Å². The fraction of sp³-hybridized carbons (Fsp3) is 0.211. The van der Waals surface area contributed by atoms with Gasteiger partial charge in [-0.3, -0.25) is 14.4 Å². The Morgan fingerprint density at radius 2 is 1.72 bits per heavy atom. The van der Waals surface area contributed by atoms with Crippen LogP contribution in [0.2, 0.25) is 0 Å². The molecule has 0 N–H and O–H groups in total. The van der Waals surface area contributed by atoms with E-state index in [4.69, 9.17) is 4.74 Å². The summed E-state index contributed by atoms with van der Waals surface area (Å²) in [5.41, 5.74) is 1.31. The number of benzene rings is 2. The zero-order valence-corrected chi connectivity index (χ0v) is 15.2. The van der Waals surface area contributed by atoms with Crippen LogP contribution < -0.4 is 9.64 Å². The number of carbonyl (C=O) groups is 3. The maximum atomic E-state index is 12.3. The van der Waals surface area contributed by atoms with Gasteiger partial charge in [0.1, 0.15) is 5.75 Å². The van der Waals surface area contributed by atoms with E-state index in [2.05, 4.69) is 15.9 Å². The molecular formula is C19H16BrNO4. The third-order valence-electron chi connectivity index (χ3n) is 4.08. The van der Waals surface area contributed by atoms with E-state index in [0.717, 1.165) is 10.2 Å². The molecule has 3 rings (SSSR count). The molecular weight excluding hydrogens is 386 g/mol. The molecule has 1 atom stereocenters. The molecule has 0 spiro atoms. The summed E-state index contributed by atoms with van der Waals surface area (Å²) in [4.78, 5) is 37.4. The van der Waals surface area contributed by atoms with E-state index in [1.807, 2.05) is 24.3 Å². The molecule has 1 fully saturated rings. The van der Waals surface area contributed by atoms with Crippen molar-refractivity contribution in [2.45, 2.75) is 13.3 Å². The van der Waals surface area contributed by atoms with Gasteiger partial charge in [0.15, 0.2) is 5.78 Å². The molecule has 0 bridgehead atoms. The summed E-state index contributed by atoms with van der Waals surface area (Å²) in [7, 11) is 0. The maximum absolute atomic E-state index is 12.3. The number of esters is 1. The first-order valence-corrected chi connectivity index (χ1v) is 8.62. The highest BCUT2D eigenvalue weighted by Gasteiger charge is 2.36. The number of hydrogen-bond acceptors (Lipinski definition) is 4. The van der Waals surface area contributed by atoms with Gasteiger partial charge < -0.3 is 9.64 Å². The van der Waals surface area contributed by atoms with Crippen LogP contribution >= 0.6 is 15.9 Å². The highest BCUT2D eigenvalue weighted by Crippen LogP contribution is 2.27. The smallest absolute Gasteiger partial charge is 0.316 e. The molecule has 5 nitrogen and oxygen atoms in total. The Morgan fingerprint density at radius 3 is 2.32 bits per heavy atom. The normalized spacial score (nSPS) is 16.8. The number of carbonyl (C=O) groups excluding carboxylic acids is 3. The molecule has 1 heterocycles. The number of rotatable bonds is 4. The summed E-state index contributed by atoms with van der Waals surface area (Å²) in [6.45, 7) is 1.77. The van der Waals surface area contributed by atoms with Gasteiger partial charge in [0.2, 0.25) is 5.91 Å². The van der Waals surface area contributed by atoms with Crippen molar-refractivity contribution in [1.29, 1.82) is 0 Å². The number of Topliss-reactive ketones (excluding diaryl/α,β-unsaturated/α-hetero) is 1. The SMILES string of the molecule is CC(=O)c1ccc(OC(=O)[C@@H]2CC(=O)N(c3ccc(Br)cc3)C2)cc1. The molecule has 1 saturated heterocycles. The van der Waals surface area contributed by atoms with E-state index in [1.54, 1.807) is 29.2 Å². The van der Waals surface area contributed by atoms with Crippen LogP contribution in [0.5, 0.6) is 5.75 Å². The molecule has 25 heavy (non-hydrogen) atoms. The minimum atomic E-state index is -0.511. The fourth-order valence-electron chi connectivity index (χ4n) is 2.69. The first kappa shape index (κ1) is 17.4. The van der Waals surface area contributed by atoms with Crippen molar-refractivity contribution in [2.24, 2.45) is 5.92 Å². The Balaban J connectivity index is 1.66. The van der Waals surface area contributed by atoms with E-state index in [-0.39, 0.29) is 18.1 Å². The van der Waals surface area contributed by atoms with Gasteiger partial charge in [0, 0.05) is 28.7 Å². The van der Waals surface area contributed by atoms with Crippen LogP contribution in [0.1, 0.15) is 23.7 Å². The number of anilines is 1. The third kappa shape index (κ3) is 3.96. The zero-order valence-electron chi connectivity index (χ0n) is 13.6. The molecule has 0 radical (unpaired) electrons. The summed E-state index contributed by atoms with van der Waals surface area (Å²) in [6.07, 6.45) is 0.125. The van der Waals surface area contributed by atoms with Gasteiger partial charge in [0.05, 0.1) is 5.92 Å². The van der Waals surface area contributed by atoms with Crippen molar-refractivity contribution in [1.82, 2.24) is 0 Å². The monoisotopic (exact) mass is 401 g/mol. The Morgan fingerprint density at radius 1 is 1.08 bits per heavy atom.